The fraction of sp³-hybridized carbons (Fsp3) is 0.412. The van der Waals surface area contributed by atoms with Gasteiger partial charge in [-0.2, -0.15) is 0 Å². The third kappa shape index (κ3) is 4.45. The molecule has 0 bridgehead atoms. The number of aromatic nitrogens is 1. The minimum atomic E-state index is 0.683. The van der Waals surface area contributed by atoms with Gasteiger partial charge in [0.1, 0.15) is 10.8 Å². The second kappa shape index (κ2) is 7.97. The first-order valence-electron chi connectivity index (χ1n) is 7.51. The van der Waals surface area contributed by atoms with E-state index in [4.69, 9.17) is 4.74 Å². The first-order valence-corrected chi connectivity index (χ1v) is 8.33. The predicted molar refractivity (Wildman–Crippen MR) is 96.2 cm³/mol. The van der Waals surface area contributed by atoms with Crippen LogP contribution in [0.1, 0.15) is 21.1 Å². The van der Waals surface area contributed by atoms with Crippen molar-refractivity contribution in [3.63, 3.8) is 0 Å². The summed E-state index contributed by atoms with van der Waals surface area (Å²) >= 11 is 1.72. The smallest absolute Gasteiger partial charge is 0.194 e. The minimum Gasteiger partial charge on any atom is -0.496 e. The second-order valence-corrected chi connectivity index (χ2v) is 6.61. The monoisotopic (exact) mass is 332 g/mol. The molecule has 0 atom stereocenters. The van der Waals surface area contributed by atoms with Gasteiger partial charge in [-0.15, -0.1) is 11.3 Å². The van der Waals surface area contributed by atoms with Crippen molar-refractivity contribution in [2.24, 2.45) is 4.99 Å². The lowest BCUT2D eigenvalue weighted by atomic mass is 10.2. The van der Waals surface area contributed by atoms with Gasteiger partial charge in [-0.25, -0.2) is 4.98 Å². The van der Waals surface area contributed by atoms with E-state index in [1.807, 2.05) is 32.2 Å². The number of hydrogen-bond donors (Lipinski definition) is 1. The molecule has 0 aliphatic rings. The molecule has 2 rings (SSSR count). The number of nitrogens with one attached hydrogen (secondary N) is 1. The molecule has 0 spiro atoms. The Hall–Kier alpha value is -2.08. The highest BCUT2D eigenvalue weighted by Crippen LogP contribution is 2.19. The standard InChI is InChI=1S/C17H24N4OS/c1-12-13(2)23-16(20-12)10-19-17(18-3)21(4)11-14-8-6-7-9-15(14)22-5/h6-9H,10-11H2,1-5H3,(H,18,19). The van der Waals surface area contributed by atoms with Crippen LogP contribution in [0.25, 0.3) is 0 Å². The second-order valence-electron chi connectivity index (χ2n) is 5.32. The van der Waals surface area contributed by atoms with Crippen LogP contribution in [0.15, 0.2) is 29.3 Å². The summed E-state index contributed by atoms with van der Waals surface area (Å²) in [6.07, 6.45) is 0. The predicted octanol–water partition coefficient (Wildman–Crippen LogP) is 2.98. The van der Waals surface area contributed by atoms with Crippen molar-refractivity contribution in [2.45, 2.75) is 26.9 Å². The van der Waals surface area contributed by atoms with Gasteiger partial charge in [0.2, 0.25) is 0 Å². The van der Waals surface area contributed by atoms with Crippen LogP contribution in [0.5, 0.6) is 5.75 Å². The molecule has 0 fully saturated rings. The number of aliphatic imine (C=N–C) groups is 1. The summed E-state index contributed by atoms with van der Waals surface area (Å²) in [4.78, 5) is 12.2. The lowest BCUT2D eigenvalue weighted by molar-refractivity contribution is 0.396. The largest absolute Gasteiger partial charge is 0.496 e. The molecule has 6 heteroatoms. The fourth-order valence-electron chi connectivity index (χ4n) is 2.32. The summed E-state index contributed by atoms with van der Waals surface area (Å²) in [6.45, 7) is 5.54. The number of benzene rings is 1. The topological polar surface area (TPSA) is 49.8 Å². The van der Waals surface area contributed by atoms with Crippen LogP contribution in [0.3, 0.4) is 0 Å². The van der Waals surface area contributed by atoms with Crippen LogP contribution >= 0.6 is 11.3 Å². The van der Waals surface area contributed by atoms with E-state index >= 15 is 0 Å². The average molecular weight is 332 g/mol. The van der Waals surface area contributed by atoms with Crippen LogP contribution in [-0.4, -0.2) is 37.0 Å². The van der Waals surface area contributed by atoms with E-state index in [1.54, 1.807) is 25.5 Å². The number of ether oxygens (including phenoxy) is 1. The maximum atomic E-state index is 5.41. The number of rotatable bonds is 5. The normalized spacial score (nSPS) is 11.4. The first kappa shape index (κ1) is 17.3. The van der Waals surface area contributed by atoms with Gasteiger partial charge in [-0.3, -0.25) is 4.99 Å². The molecule has 0 saturated carbocycles. The number of methoxy groups -OCH3 is 1. The van der Waals surface area contributed by atoms with E-state index in [9.17, 15) is 0 Å². The van der Waals surface area contributed by atoms with E-state index in [1.165, 1.54) is 4.88 Å². The SMILES string of the molecule is CN=C(NCc1nc(C)c(C)s1)N(C)Cc1ccccc1OC. The maximum absolute atomic E-state index is 5.41. The van der Waals surface area contributed by atoms with Gasteiger partial charge in [0.25, 0.3) is 0 Å². The number of thiazole rings is 1. The molecule has 0 aliphatic heterocycles. The molecule has 1 heterocycles. The van der Waals surface area contributed by atoms with Crippen LogP contribution in [0, 0.1) is 13.8 Å². The summed E-state index contributed by atoms with van der Waals surface area (Å²) in [5.74, 6) is 1.72. The molecule has 23 heavy (non-hydrogen) atoms. The molecule has 1 aromatic carbocycles. The van der Waals surface area contributed by atoms with Crippen molar-refractivity contribution >= 4 is 17.3 Å². The van der Waals surface area contributed by atoms with E-state index in [2.05, 4.69) is 33.2 Å². The zero-order chi connectivity index (χ0) is 16.8. The minimum absolute atomic E-state index is 0.683. The van der Waals surface area contributed by atoms with Crippen LogP contribution in [0.4, 0.5) is 0 Å². The van der Waals surface area contributed by atoms with E-state index in [0.717, 1.165) is 34.5 Å². The lowest BCUT2D eigenvalue weighted by Gasteiger charge is -2.22. The zero-order valence-corrected chi connectivity index (χ0v) is 15.2. The average Bonchev–Trinajstić information content (AvgIpc) is 2.87. The number of hydrogen-bond acceptors (Lipinski definition) is 4. The Bertz CT molecular complexity index is 661. The van der Waals surface area contributed by atoms with Crippen LogP contribution in [-0.2, 0) is 13.1 Å². The lowest BCUT2D eigenvalue weighted by Crippen LogP contribution is -2.38. The number of nitrogens with zero attached hydrogens (tertiary/aromatic N) is 3. The van der Waals surface area contributed by atoms with Gasteiger partial charge in [0.15, 0.2) is 5.96 Å². The molecule has 0 saturated heterocycles. The Morgan fingerprint density at radius 3 is 2.70 bits per heavy atom. The van der Waals surface area contributed by atoms with Crippen LogP contribution < -0.4 is 10.1 Å². The number of guanidine groups is 1. The Balaban J connectivity index is 2.00. The summed E-state index contributed by atoms with van der Waals surface area (Å²) in [7, 11) is 5.50. The third-order valence-electron chi connectivity index (χ3n) is 3.64. The molecule has 0 unspecified atom stereocenters. The quantitative estimate of drug-likeness (QED) is 0.675. The summed E-state index contributed by atoms with van der Waals surface area (Å²) in [5, 5.41) is 4.44. The van der Waals surface area contributed by atoms with E-state index < -0.39 is 0 Å². The van der Waals surface area contributed by atoms with Crippen molar-refractivity contribution in [1.29, 1.82) is 0 Å². The molecule has 124 valence electrons. The zero-order valence-electron chi connectivity index (χ0n) is 14.4. The Morgan fingerprint density at radius 2 is 2.09 bits per heavy atom. The first-order chi connectivity index (χ1) is 11.0. The fourth-order valence-corrected chi connectivity index (χ4v) is 3.19. The van der Waals surface area contributed by atoms with Gasteiger partial charge >= 0.3 is 0 Å². The third-order valence-corrected chi connectivity index (χ3v) is 4.72. The molecular weight excluding hydrogens is 308 g/mol. The highest BCUT2D eigenvalue weighted by atomic mass is 32.1. The van der Waals surface area contributed by atoms with E-state index in [0.29, 0.717) is 6.54 Å². The molecular formula is C17H24N4OS. The molecule has 2 aromatic rings. The summed E-state index contributed by atoms with van der Waals surface area (Å²) in [5.41, 5.74) is 2.23. The summed E-state index contributed by atoms with van der Waals surface area (Å²) < 4.78 is 5.41. The number of para-hydroxylation sites is 1. The van der Waals surface area contributed by atoms with Crippen molar-refractivity contribution in [1.82, 2.24) is 15.2 Å². The van der Waals surface area contributed by atoms with E-state index in [-0.39, 0.29) is 0 Å². The Morgan fingerprint density at radius 1 is 1.35 bits per heavy atom. The molecule has 5 nitrogen and oxygen atoms in total. The Kier molecular flexibility index (Phi) is 5.98. The molecule has 1 aromatic heterocycles. The van der Waals surface area contributed by atoms with Gasteiger partial charge in [-0.1, -0.05) is 18.2 Å². The van der Waals surface area contributed by atoms with Gasteiger partial charge in [0, 0.05) is 31.1 Å². The molecule has 1 N–H and O–H groups in total. The van der Waals surface area contributed by atoms with Crippen molar-refractivity contribution in [2.75, 3.05) is 21.2 Å². The highest BCUT2D eigenvalue weighted by Gasteiger charge is 2.11. The van der Waals surface area contributed by atoms with Gasteiger partial charge in [0.05, 0.1) is 19.3 Å². The highest BCUT2D eigenvalue weighted by molar-refractivity contribution is 7.11. The van der Waals surface area contributed by atoms with Crippen molar-refractivity contribution in [3.8, 4) is 5.75 Å². The van der Waals surface area contributed by atoms with Crippen molar-refractivity contribution in [3.05, 3.63) is 45.4 Å². The maximum Gasteiger partial charge on any atom is 0.194 e. The van der Waals surface area contributed by atoms with Crippen LogP contribution in [0.2, 0.25) is 0 Å². The Labute approximate surface area is 142 Å². The molecule has 0 aliphatic carbocycles. The summed E-state index contributed by atoms with van der Waals surface area (Å²) in [6, 6.07) is 8.03. The molecule has 0 amide bonds. The van der Waals surface area contributed by atoms with Crippen molar-refractivity contribution < 1.29 is 4.74 Å². The molecule has 0 radical (unpaired) electrons. The van der Waals surface area contributed by atoms with Gasteiger partial charge < -0.3 is 15.0 Å². The van der Waals surface area contributed by atoms with Gasteiger partial charge in [-0.05, 0) is 19.9 Å². The number of aryl methyl sites for hydroxylation is 2.